The van der Waals surface area contributed by atoms with E-state index in [-0.39, 0.29) is 6.61 Å². The van der Waals surface area contributed by atoms with Crippen molar-refractivity contribution in [2.75, 3.05) is 6.61 Å². The van der Waals surface area contributed by atoms with Crippen LogP contribution in [0.4, 0.5) is 0 Å². The van der Waals surface area contributed by atoms with Crippen LogP contribution in [0.25, 0.3) is 5.69 Å². The lowest BCUT2D eigenvalue weighted by Crippen LogP contribution is -2.39. The van der Waals surface area contributed by atoms with Crippen LogP contribution in [-0.4, -0.2) is 45.7 Å². The third-order valence-electron chi connectivity index (χ3n) is 3.74. The molecule has 0 N–H and O–H groups in total. The fraction of sp³-hybridized carbons (Fsp3) is 0.333. The van der Waals surface area contributed by atoms with Gasteiger partial charge in [-0.25, -0.2) is 4.68 Å². The van der Waals surface area contributed by atoms with Gasteiger partial charge in [0.2, 0.25) is 0 Å². The Morgan fingerprint density at radius 1 is 1.15 bits per heavy atom. The second-order valence-corrected chi connectivity index (χ2v) is 5.78. The summed E-state index contributed by atoms with van der Waals surface area (Å²) in [6.07, 6.45) is 3.48. The molecule has 3 atom stereocenters. The highest BCUT2D eigenvalue weighted by Crippen LogP contribution is 2.27. The molecule has 1 aliphatic rings. The van der Waals surface area contributed by atoms with E-state index in [0.717, 1.165) is 5.69 Å². The molecule has 0 aliphatic carbocycles. The van der Waals surface area contributed by atoms with Crippen molar-refractivity contribution in [3.05, 3.63) is 54.4 Å². The highest BCUT2D eigenvalue weighted by molar-refractivity contribution is 5.66. The van der Waals surface area contributed by atoms with E-state index in [4.69, 9.17) is 14.2 Å². The van der Waals surface area contributed by atoms with Crippen molar-refractivity contribution in [2.45, 2.75) is 32.2 Å². The second kappa shape index (κ2) is 7.92. The number of carbonyl (C=O) groups excluding carboxylic acids is 2. The normalized spacial score (nSPS) is 22.0. The van der Waals surface area contributed by atoms with Crippen molar-refractivity contribution < 1.29 is 23.8 Å². The van der Waals surface area contributed by atoms with Crippen molar-refractivity contribution in [1.29, 1.82) is 0 Å². The molecule has 1 aromatic carbocycles. The molecule has 0 saturated heterocycles. The van der Waals surface area contributed by atoms with Gasteiger partial charge in [0, 0.05) is 13.8 Å². The smallest absolute Gasteiger partial charge is 0.303 e. The van der Waals surface area contributed by atoms with E-state index in [1.165, 1.54) is 13.8 Å². The van der Waals surface area contributed by atoms with E-state index < -0.39 is 30.3 Å². The summed E-state index contributed by atoms with van der Waals surface area (Å²) in [4.78, 5) is 22.4. The molecular weight excluding hydrogens is 338 g/mol. The molecule has 0 saturated carbocycles. The number of hydrogen-bond acceptors (Lipinski definition) is 7. The molecule has 26 heavy (non-hydrogen) atoms. The van der Waals surface area contributed by atoms with Gasteiger partial charge in [-0.05, 0) is 24.3 Å². The molecule has 0 bridgehead atoms. The van der Waals surface area contributed by atoms with Gasteiger partial charge >= 0.3 is 11.9 Å². The summed E-state index contributed by atoms with van der Waals surface area (Å²) in [5.74, 6) is -0.874. The van der Waals surface area contributed by atoms with E-state index in [9.17, 15) is 9.59 Å². The first-order valence-electron chi connectivity index (χ1n) is 8.15. The number of hydrogen-bond donors (Lipinski definition) is 0. The zero-order valence-corrected chi connectivity index (χ0v) is 14.4. The molecule has 0 spiro atoms. The SMILES string of the molecule is CC(=O)OC[C@H]1O[C@H](c2cn(-c3ccccc3)nn2)C=C[C@@H]1OC(C)=O. The third kappa shape index (κ3) is 4.34. The van der Waals surface area contributed by atoms with Crippen LogP contribution in [0.15, 0.2) is 48.7 Å². The maximum Gasteiger partial charge on any atom is 0.303 e. The lowest BCUT2D eigenvalue weighted by molar-refractivity contribution is -0.163. The minimum Gasteiger partial charge on any atom is -0.463 e. The topological polar surface area (TPSA) is 92.5 Å². The van der Waals surface area contributed by atoms with Crippen LogP contribution in [-0.2, 0) is 23.8 Å². The van der Waals surface area contributed by atoms with Gasteiger partial charge in [0.1, 0.15) is 30.6 Å². The quantitative estimate of drug-likeness (QED) is 0.594. The summed E-state index contributed by atoms with van der Waals surface area (Å²) < 4.78 is 17.8. The number of para-hydroxylation sites is 1. The minimum absolute atomic E-state index is 0.0268. The first-order chi connectivity index (χ1) is 12.5. The van der Waals surface area contributed by atoms with E-state index in [0.29, 0.717) is 5.69 Å². The van der Waals surface area contributed by atoms with Gasteiger partial charge in [-0.2, -0.15) is 0 Å². The van der Waals surface area contributed by atoms with E-state index in [1.807, 2.05) is 30.3 Å². The molecule has 8 nitrogen and oxygen atoms in total. The second-order valence-electron chi connectivity index (χ2n) is 5.78. The van der Waals surface area contributed by atoms with Crippen LogP contribution in [0.2, 0.25) is 0 Å². The Morgan fingerprint density at radius 3 is 2.62 bits per heavy atom. The largest absolute Gasteiger partial charge is 0.463 e. The number of aromatic nitrogens is 3. The van der Waals surface area contributed by atoms with Gasteiger partial charge in [-0.1, -0.05) is 23.4 Å². The zero-order chi connectivity index (χ0) is 18.5. The van der Waals surface area contributed by atoms with Gasteiger partial charge in [0.25, 0.3) is 0 Å². The van der Waals surface area contributed by atoms with Gasteiger partial charge in [0.15, 0.2) is 0 Å². The summed E-state index contributed by atoms with van der Waals surface area (Å²) in [6, 6.07) is 9.56. The Balaban J connectivity index is 1.77. The van der Waals surface area contributed by atoms with Crippen molar-refractivity contribution in [3.63, 3.8) is 0 Å². The fourth-order valence-electron chi connectivity index (χ4n) is 2.57. The lowest BCUT2D eigenvalue weighted by Gasteiger charge is -2.30. The predicted molar refractivity (Wildman–Crippen MR) is 90.3 cm³/mol. The Morgan fingerprint density at radius 2 is 1.92 bits per heavy atom. The number of rotatable bonds is 5. The van der Waals surface area contributed by atoms with Gasteiger partial charge in [-0.3, -0.25) is 9.59 Å². The molecule has 1 aromatic heterocycles. The van der Waals surface area contributed by atoms with Gasteiger partial charge in [0.05, 0.1) is 11.9 Å². The van der Waals surface area contributed by atoms with E-state index in [2.05, 4.69) is 10.3 Å². The van der Waals surface area contributed by atoms with Crippen LogP contribution in [0, 0.1) is 0 Å². The number of nitrogens with zero attached hydrogens (tertiary/aromatic N) is 3. The molecule has 0 unspecified atom stereocenters. The number of ether oxygens (including phenoxy) is 3. The van der Waals surface area contributed by atoms with Gasteiger partial charge in [-0.15, -0.1) is 5.10 Å². The van der Waals surface area contributed by atoms with Crippen LogP contribution in [0.1, 0.15) is 25.6 Å². The highest BCUT2D eigenvalue weighted by atomic mass is 16.6. The fourth-order valence-corrected chi connectivity index (χ4v) is 2.57. The Kier molecular flexibility index (Phi) is 5.43. The average Bonchev–Trinajstić information content (AvgIpc) is 3.11. The summed E-state index contributed by atoms with van der Waals surface area (Å²) in [7, 11) is 0. The highest BCUT2D eigenvalue weighted by Gasteiger charge is 2.32. The number of esters is 2. The molecule has 2 heterocycles. The van der Waals surface area contributed by atoms with E-state index >= 15 is 0 Å². The van der Waals surface area contributed by atoms with Crippen LogP contribution in [0.3, 0.4) is 0 Å². The minimum atomic E-state index is -0.632. The zero-order valence-electron chi connectivity index (χ0n) is 14.4. The number of carbonyl (C=O) groups is 2. The summed E-state index contributed by atoms with van der Waals surface area (Å²) in [5, 5.41) is 8.26. The van der Waals surface area contributed by atoms with Crippen LogP contribution in [0.5, 0.6) is 0 Å². The van der Waals surface area contributed by atoms with Crippen LogP contribution < -0.4 is 0 Å². The van der Waals surface area contributed by atoms with Crippen molar-refractivity contribution in [2.24, 2.45) is 0 Å². The maximum absolute atomic E-state index is 11.3. The molecule has 0 amide bonds. The maximum atomic E-state index is 11.3. The number of benzene rings is 1. The Labute approximate surface area is 150 Å². The van der Waals surface area contributed by atoms with Crippen molar-refractivity contribution in [1.82, 2.24) is 15.0 Å². The lowest BCUT2D eigenvalue weighted by atomic mass is 10.1. The molecule has 136 valence electrons. The third-order valence-corrected chi connectivity index (χ3v) is 3.74. The van der Waals surface area contributed by atoms with Gasteiger partial charge < -0.3 is 14.2 Å². The Hall–Kier alpha value is -3.00. The molecular formula is C18H19N3O5. The summed E-state index contributed by atoms with van der Waals surface area (Å²) >= 11 is 0. The molecule has 1 aliphatic heterocycles. The van der Waals surface area contributed by atoms with Crippen molar-refractivity contribution in [3.8, 4) is 5.69 Å². The Bertz CT molecular complexity index is 802. The monoisotopic (exact) mass is 357 g/mol. The predicted octanol–water partition coefficient (Wildman–Crippen LogP) is 1.76. The van der Waals surface area contributed by atoms with E-state index in [1.54, 1.807) is 23.0 Å². The first kappa shape index (κ1) is 17.8. The van der Waals surface area contributed by atoms with Crippen LogP contribution >= 0.6 is 0 Å². The summed E-state index contributed by atoms with van der Waals surface area (Å²) in [6.45, 7) is 2.59. The molecule has 0 radical (unpaired) electrons. The molecule has 8 heteroatoms. The average molecular weight is 357 g/mol. The summed E-state index contributed by atoms with van der Waals surface area (Å²) in [5.41, 5.74) is 1.47. The molecule has 2 aromatic rings. The molecule has 0 fully saturated rings. The molecule has 3 rings (SSSR count). The standard InChI is InChI=1S/C18H19N3O5/c1-12(22)24-11-18-17(25-13(2)23)9-8-16(26-18)15-10-21(20-19-15)14-6-4-3-5-7-14/h3-10,16-18H,11H2,1-2H3/t16-,17-,18+/m0/s1. The van der Waals surface area contributed by atoms with Crippen molar-refractivity contribution >= 4 is 11.9 Å². The first-order valence-corrected chi connectivity index (χ1v) is 8.15.